The van der Waals surface area contributed by atoms with Crippen molar-refractivity contribution < 1.29 is 18.0 Å². The number of rotatable bonds is 7. The summed E-state index contributed by atoms with van der Waals surface area (Å²) in [5.41, 5.74) is 1.00. The Morgan fingerprint density at radius 3 is 2.62 bits per heavy atom. The Kier molecular flexibility index (Phi) is 7.03. The monoisotopic (exact) mass is 465 g/mol. The number of nitrogens with zero attached hydrogens (tertiary/aromatic N) is 5. The van der Waals surface area contributed by atoms with Crippen molar-refractivity contribution in [2.75, 3.05) is 18.4 Å². The number of piperidine rings is 1. The van der Waals surface area contributed by atoms with Crippen molar-refractivity contribution >= 4 is 27.5 Å². The highest BCUT2D eigenvalue weighted by atomic mass is 32.2. The maximum Gasteiger partial charge on any atom is 0.274 e. The van der Waals surface area contributed by atoms with E-state index in [1.54, 1.807) is 24.9 Å². The number of hydrogen-bond donors (Lipinski definition) is 2. The zero-order valence-corrected chi connectivity index (χ0v) is 19.9. The van der Waals surface area contributed by atoms with Crippen LogP contribution in [0.2, 0.25) is 0 Å². The molecule has 3 rings (SSSR count). The molecule has 2 amide bonds. The second-order valence-corrected chi connectivity index (χ2v) is 10.2. The molecule has 1 saturated heterocycles. The minimum atomic E-state index is -3.76. The van der Waals surface area contributed by atoms with Crippen LogP contribution in [0.15, 0.2) is 17.3 Å². The first-order chi connectivity index (χ1) is 15.0. The molecule has 12 heteroatoms. The van der Waals surface area contributed by atoms with Gasteiger partial charge in [-0.15, -0.1) is 0 Å². The Bertz CT molecular complexity index is 1100. The molecule has 11 nitrogen and oxygen atoms in total. The van der Waals surface area contributed by atoms with Crippen LogP contribution >= 0.6 is 0 Å². The van der Waals surface area contributed by atoms with Gasteiger partial charge in [-0.3, -0.25) is 19.0 Å². The fraction of sp³-hybridized carbons (Fsp3) is 0.600. The summed E-state index contributed by atoms with van der Waals surface area (Å²) >= 11 is 0. The van der Waals surface area contributed by atoms with Gasteiger partial charge in [0.1, 0.15) is 4.90 Å². The molecular weight excluding hydrogens is 434 g/mol. The molecule has 0 unspecified atom stereocenters. The first-order valence-electron chi connectivity index (χ1n) is 10.7. The van der Waals surface area contributed by atoms with Gasteiger partial charge in [-0.25, -0.2) is 8.42 Å². The standard InChI is InChI=1S/C20H31N7O4S/c1-6-26-12-16(18(24-26)20(29)22-13(2)3)23-19(28)15-8-7-9-27(11-15)32(30,31)17-10-21-25(5)14(17)4/h10,12-13,15H,6-9,11H2,1-5H3,(H,22,29)(H,23,28)/t15-/m1/s1. The highest BCUT2D eigenvalue weighted by Crippen LogP contribution is 2.26. The van der Waals surface area contributed by atoms with E-state index in [0.29, 0.717) is 37.3 Å². The van der Waals surface area contributed by atoms with Crippen LogP contribution < -0.4 is 10.6 Å². The van der Waals surface area contributed by atoms with E-state index >= 15 is 0 Å². The normalized spacial score (nSPS) is 17.5. The summed E-state index contributed by atoms with van der Waals surface area (Å²) in [5, 5.41) is 13.9. The second kappa shape index (κ2) is 9.41. The molecule has 0 radical (unpaired) electrons. The van der Waals surface area contributed by atoms with Gasteiger partial charge in [-0.05, 0) is 40.5 Å². The zero-order chi connectivity index (χ0) is 23.6. The van der Waals surface area contributed by atoms with Gasteiger partial charge in [-0.2, -0.15) is 14.5 Å². The second-order valence-electron chi connectivity index (χ2n) is 8.28. The van der Waals surface area contributed by atoms with Crippen molar-refractivity contribution in [2.45, 2.75) is 58.0 Å². The fourth-order valence-electron chi connectivity index (χ4n) is 3.65. The Labute approximate surface area is 188 Å². The Morgan fingerprint density at radius 1 is 1.31 bits per heavy atom. The molecule has 0 aliphatic carbocycles. The average molecular weight is 466 g/mol. The summed E-state index contributed by atoms with van der Waals surface area (Å²) in [6.45, 7) is 8.21. The van der Waals surface area contributed by atoms with Crippen LogP contribution in [0.4, 0.5) is 5.69 Å². The third-order valence-corrected chi connectivity index (χ3v) is 7.51. The number of amides is 2. The Balaban J connectivity index is 1.77. The van der Waals surface area contributed by atoms with Crippen LogP contribution in [0, 0.1) is 12.8 Å². The summed E-state index contributed by atoms with van der Waals surface area (Å²) in [6, 6.07) is -0.0779. The summed E-state index contributed by atoms with van der Waals surface area (Å²) < 4.78 is 30.6. The molecule has 32 heavy (non-hydrogen) atoms. The third kappa shape index (κ3) is 4.85. The molecule has 2 aromatic heterocycles. The van der Waals surface area contributed by atoms with Crippen molar-refractivity contribution in [1.29, 1.82) is 0 Å². The number of anilines is 1. The van der Waals surface area contributed by atoms with Crippen molar-refractivity contribution in [3.63, 3.8) is 0 Å². The van der Waals surface area contributed by atoms with Gasteiger partial charge in [0.2, 0.25) is 15.9 Å². The lowest BCUT2D eigenvalue weighted by Gasteiger charge is -2.31. The zero-order valence-electron chi connectivity index (χ0n) is 19.1. The fourth-order valence-corrected chi connectivity index (χ4v) is 5.36. The van der Waals surface area contributed by atoms with Crippen molar-refractivity contribution in [3.8, 4) is 0 Å². The van der Waals surface area contributed by atoms with Gasteiger partial charge in [0.05, 0.1) is 23.5 Å². The van der Waals surface area contributed by atoms with E-state index in [1.165, 1.54) is 15.2 Å². The predicted octanol–water partition coefficient (Wildman–Crippen LogP) is 1.12. The van der Waals surface area contributed by atoms with E-state index in [9.17, 15) is 18.0 Å². The molecule has 1 fully saturated rings. The van der Waals surface area contributed by atoms with Crippen LogP contribution in [0.3, 0.4) is 0 Å². The molecule has 3 heterocycles. The maximum atomic E-state index is 13.1. The van der Waals surface area contributed by atoms with Crippen LogP contribution in [0.25, 0.3) is 0 Å². The summed E-state index contributed by atoms with van der Waals surface area (Å²) in [7, 11) is -2.07. The van der Waals surface area contributed by atoms with E-state index in [1.807, 2.05) is 20.8 Å². The molecular formula is C20H31N7O4S. The smallest absolute Gasteiger partial charge is 0.274 e. The van der Waals surface area contributed by atoms with E-state index in [2.05, 4.69) is 20.8 Å². The molecule has 1 atom stereocenters. The quantitative estimate of drug-likeness (QED) is 0.630. The van der Waals surface area contributed by atoms with Crippen molar-refractivity contribution in [3.05, 3.63) is 23.8 Å². The first kappa shape index (κ1) is 23.9. The van der Waals surface area contributed by atoms with E-state index in [0.717, 1.165) is 0 Å². The van der Waals surface area contributed by atoms with Crippen LogP contribution in [-0.4, -0.2) is 63.2 Å². The molecule has 1 aliphatic rings. The number of aromatic nitrogens is 4. The molecule has 2 aromatic rings. The maximum absolute atomic E-state index is 13.1. The number of sulfonamides is 1. The van der Waals surface area contributed by atoms with Crippen LogP contribution in [-0.2, 0) is 28.4 Å². The average Bonchev–Trinajstić information content (AvgIpc) is 3.31. The highest BCUT2D eigenvalue weighted by molar-refractivity contribution is 7.89. The van der Waals surface area contributed by atoms with Crippen molar-refractivity contribution in [1.82, 2.24) is 29.2 Å². The lowest BCUT2D eigenvalue weighted by atomic mass is 9.99. The van der Waals surface area contributed by atoms with Gasteiger partial charge in [-0.1, -0.05) is 0 Å². The number of nitrogens with one attached hydrogen (secondary N) is 2. The molecule has 0 saturated carbocycles. The summed E-state index contributed by atoms with van der Waals surface area (Å²) in [6.07, 6.45) is 4.07. The summed E-state index contributed by atoms with van der Waals surface area (Å²) in [4.78, 5) is 25.7. The van der Waals surface area contributed by atoms with Gasteiger partial charge in [0.25, 0.3) is 5.91 Å². The van der Waals surface area contributed by atoms with E-state index in [4.69, 9.17) is 0 Å². The topological polar surface area (TPSA) is 131 Å². The number of carbonyl (C=O) groups excluding carboxylic acids is 2. The molecule has 0 aromatic carbocycles. The van der Waals surface area contributed by atoms with E-state index in [-0.39, 0.29) is 35.0 Å². The number of aryl methyl sites for hydroxylation is 2. The molecule has 176 valence electrons. The lowest BCUT2D eigenvalue weighted by Crippen LogP contribution is -2.44. The molecule has 2 N–H and O–H groups in total. The SMILES string of the molecule is CCn1cc(NC(=O)[C@@H]2CCCN(S(=O)(=O)c3cnn(C)c3C)C2)c(C(=O)NC(C)C)n1. The Morgan fingerprint density at radius 2 is 2.03 bits per heavy atom. The first-order valence-corrected chi connectivity index (χ1v) is 12.2. The Hall–Kier alpha value is -2.73. The number of hydrogen-bond acceptors (Lipinski definition) is 6. The van der Waals surface area contributed by atoms with Gasteiger partial charge < -0.3 is 10.6 Å². The summed E-state index contributed by atoms with van der Waals surface area (Å²) in [5.74, 6) is -1.24. The van der Waals surface area contributed by atoms with Gasteiger partial charge in [0.15, 0.2) is 5.69 Å². The van der Waals surface area contributed by atoms with Gasteiger partial charge in [0, 0.05) is 38.9 Å². The highest BCUT2D eigenvalue weighted by Gasteiger charge is 2.35. The van der Waals surface area contributed by atoms with Gasteiger partial charge >= 0.3 is 0 Å². The molecule has 1 aliphatic heterocycles. The number of carbonyl (C=O) groups is 2. The molecule has 0 bridgehead atoms. The van der Waals surface area contributed by atoms with Crippen LogP contribution in [0.1, 0.15) is 49.8 Å². The third-order valence-electron chi connectivity index (χ3n) is 5.54. The van der Waals surface area contributed by atoms with E-state index < -0.39 is 15.9 Å². The van der Waals surface area contributed by atoms with Crippen molar-refractivity contribution in [2.24, 2.45) is 13.0 Å². The minimum absolute atomic E-state index is 0.0674. The minimum Gasteiger partial charge on any atom is -0.348 e. The lowest BCUT2D eigenvalue weighted by molar-refractivity contribution is -0.120. The predicted molar refractivity (Wildman–Crippen MR) is 119 cm³/mol. The molecule has 0 spiro atoms. The largest absolute Gasteiger partial charge is 0.348 e. The van der Waals surface area contributed by atoms with Crippen LogP contribution in [0.5, 0.6) is 0 Å².